The zero-order valence-electron chi connectivity index (χ0n) is 9.76. The highest BCUT2D eigenvalue weighted by molar-refractivity contribution is 7.91. The smallest absolute Gasteiger partial charge is 0.250 e. The van der Waals surface area contributed by atoms with Crippen LogP contribution in [0, 0.1) is 17.2 Å². The Balaban J connectivity index is 1.96. The van der Waals surface area contributed by atoms with Gasteiger partial charge in [0, 0.05) is 19.8 Å². The van der Waals surface area contributed by atoms with Gasteiger partial charge in [0.2, 0.25) is 10.0 Å². The number of rotatable bonds is 4. The summed E-state index contributed by atoms with van der Waals surface area (Å²) in [6, 6.07) is 4.92. The summed E-state index contributed by atoms with van der Waals surface area (Å²) in [7, 11) is -3.47. The first kappa shape index (κ1) is 13.5. The van der Waals surface area contributed by atoms with E-state index in [0.29, 0.717) is 30.6 Å². The minimum absolute atomic E-state index is 0.200. The number of hydrogen-bond acceptors (Lipinski definition) is 5. The van der Waals surface area contributed by atoms with Gasteiger partial charge in [-0.25, -0.2) is 13.1 Å². The Morgan fingerprint density at radius 2 is 2.17 bits per heavy atom. The molecule has 1 aliphatic heterocycles. The summed E-state index contributed by atoms with van der Waals surface area (Å²) in [5.74, 6) is 0.337. The normalized spacial score (nSPS) is 17.5. The lowest BCUT2D eigenvalue weighted by Gasteiger charge is -2.21. The summed E-state index contributed by atoms with van der Waals surface area (Å²) < 4.78 is 31.9. The molecule has 1 N–H and O–H groups in total. The fraction of sp³-hybridized carbons (Fsp3) is 0.545. The van der Waals surface area contributed by atoms with Gasteiger partial charge in [-0.2, -0.15) is 5.26 Å². The topological polar surface area (TPSA) is 79.2 Å². The molecule has 98 valence electrons. The number of thiophene rings is 1. The van der Waals surface area contributed by atoms with E-state index in [1.54, 1.807) is 0 Å². The fourth-order valence-electron chi connectivity index (χ4n) is 1.77. The van der Waals surface area contributed by atoms with Crippen LogP contribution in [0.15, 0.2) is 16.3 Å². The van der Waals surface area contributed by atoms with Crippen molar-refractivity contribution in [1.29, 1.82) is 5.26 Å². The van der Waals surface area contributed by atoms with Gasteiger partial charge in [-0.15, -0.1) is 11.3 Å². The van der Waals surface area contributed by atoms with Crippen molar-refractivity contribution >= 4 is 21.4 Å². The van der Waals surface area contributed by atoms with E-state index in [9.17, 15) is 8.42 Å². The lowest BCUT2D eigenvalue weighted by molar-refractivity contribution is 0.0678. The van der Waals surface area contributed by atoms with Crippen LogP contribution in [0.3, 0.4) is 0 Å². The van der Waals surface area contributed by atoms with E-state index in [-0.39, 0.29) is 4.21 Å². The lowest BCUT2D eigenvalue weighted by atomic mass is 10.0. The van der Waals surface area contributed by atoms with Crippen LogP contribution in [0.25, 0.3) is 0 Å². The van der Waals surface area contributed by atoms with Gasteiger partial charge in [-0.1, -0.05) is 0 Å². The summed E-state index contributed by atoms with van der Waals surface area (Å²) >= 11 is 0.990. The molecule has 5 nitrogen and oxygen atoms in total. The fourth-order valence-corrected chi connectivity index (χ4v) is 4.04. The highest BCUT2D eigenvalue weighted by atomic mass is 32.2. The number of nitriles is 1. The molecule has 0 aliphatic carbocycles. The summed E-state index contributed by atoms with van der Waals surface area (Å²) in [5, 5.41) is 8.68. The molecular formula is C11H14N2O3S2. The van der Waals surface area contributed by atoms with E-state index in [0.717, 1.165) is 24.2 Å². The Labute approximate surface area is 110 Å². The maximum absolute atomic E-state index is 12.0. The van der Waals surface area contributed by atoms with Crippen molar-refractivity contribution in [2.75, 3.05) is 19.8 Å². The number of hydrogen-bond donors (Lipinski definition) is 1. The number of nitrogens with one attached hydrogen (secondary N) is 1. The SMILES string of the molecule is N#Cc1ccc(S(=O)(=O)NCC2CCOCC2)s1. The van der Waals surface area contributed by atoms with E-state index in [1.165, 1.54) is 12.1 Å². The molecule has 1 fully saturated rings. The second kappa shape index (κ2) is 5.80. The van der Waals surface area contributed by atoms with Gasteiger partial charge in [0.1, 0.15) is 15.2 Å². The van der Waals surface area contributed by atoms with Crippen molar-refractivity contribution in [2.24, 2.45) is 5.92 Å². The van der Waals surface area contributed by atoms with Gasteiger partial charge in [-0.3, -0.25) is 0 Å². The van der Waals surface area contributed by atoms with Crippen LogP contribution >= 0.6 is 11.3 Å². The third-order valence-corrected chi connectivity index (χ3v) is 5.76. The Morgan fingerprint density at radius 1 is 1.44 bits per heavy atom. The molecule has 1 saturated heterocycles. The molecule has 1 aromatic rings. The van der Waals surface area contributed by atoms with Gasteiger partial charge in [-0.05, 0) is 30.9 Å². The van der Waals surface area contributed by atoms with Gasteiger partial charge in [0.05, 0.1) is 0 Å². The van der Waals surface area contributed by atoms with E-state index < -0.39 is 10.0 Å². The summed E-state index contributed by atoms with van der Waals surface area (Å²) in [6.45, 7) is 1.83. The van der Waals surface area contributed by atoms with E-state index in [2.05, 4.69) is 4.72 Å². The van der Waals surface area contributed by atoms with Crippen molar-refractivity contribution in [2.45, 2.75) is 17.1 Å². The molecule has 0 bridgehead atoms. The molecule has 2 heterocycles. The Hall–Kier alpha value is -0.940. The highest BCUT2D eigenvalue weighted by Gasteiger charge is 2.20. The molecule has 0 saturated carbocycles. The van der Waals surface area contributed by atoms with Crippen LogP contribution < -0.4 is 4.72 Å². The molecule has 1 aromatic heterocycles. The maximum Gasteiger partial charge on any atom is 0.250 e. The molecule has 0 atom stereocenters. The van der Waals surface area contributed by atoms with Gasteiger partial charge >= 0.3 is 0 Å². The number of sulfonamides is 1. The molecule has 1 aliphatic rings. The monoisotopic (exact) mass is 286 g/mol. The van der Waals surface area contributed by atoms with Crippen LogP contribution in [0.2, 0.25) is 0 Å². The minimum Gasteiger partial charge on any atom is -0.381 e. The van der Waals surface area contributed by atoms with Gasteiger partial charge in [0.25, 0.3) is 0 Å². The van der Waals surface area contributed by atoms with E-state index >= 15 is 0 Å². The largest absolute Gasteiger partial charge is 0.381 e. The van der Waals surface area contributed by atoms with Crippen molar-refractivity contribution in [1.82, 2.24) is 4.72 Å². The van der Waals surface area contributed by atoms with Gasteiger partial charge in [0.15, 0.2) is 0 Å². The zero-order valence-corrected chi connectivity index (χ0v) is 11.4. The first-order valence-electron chi connectivity index (χ1n) is 5.69. The zero-order chi connectivity index (χ0) is 13.0. The predicted molar refractivity (Wildman–Crippen MR) is 67.8 cm³/mol. The van der Waals surface area contributed by atoms with Crippen molar-refractivity contribution in [3.8, 4) is 6.07 Å². The Morgan fingerprint density at radius 3 is 2.78 bits per heavy atom. The third-order valence-electron chi connectivity index (χ3n) is 2.86. The summed E-state index contributed by atoms with van der Waals surface area (Å²) in [5.41, 5.74) is 0. The number of ether oxygens (including phenoxy) is 1. The molecule has 0 amide bonds. The van der Waals surface area contributed by atoms with Crippen LogP contribution in [0.4, 0.5) is 0 Å². The van der Waals surface area contributed by atoms with Crippen molar-refractivity contribution in [3.05, 3.63) is 17.0 Å². The first-order valence-corrected chi connectivity index (χ1v) is 7.99. The predicted octanol–water partition coefficient (Wildman–Crippen LogP) is 1.32. The average molecular weight is 286 g/mol. The standard InChI is InChI=1S/C11H14N2O3S2/c12-7-10-1-2-11(17-10)18(14,15)13-8-9-3-5-16-6-4-9/h1-2,9,13H,3-6,8H2. The van der Waals surface area contributed by atoms with Crippen LogP contribution in [-0.4, -0.2) is 28.2 Å². The molecule has 2 rings (SSSR count). The van der Waals surface area contributed by atoms with Crippen molar-refractivity contribution in [3.63, 3.8) is 0 Å². The van der Waals surface area contributed by atoms with E-state index in [4.69, 9.17) is 10.00 Å². The molecule has 18 heavy (non-hydrogen) atoms. The molecule has 0 spiro atoms. The molecular weight excluding hydrogens is 272 g/mol. The maximum atomic E-state index is 12.0. The van der Waals surface area contributed by atoms with Gasteiger partial charge < -0.3 is 4.74 Å². The van der Waals surface area contributed by atoms with Crippen LogP contribution in [-0.2, 0) is 14.8 Å². The third kappa shape index (κ3) is 3.29. The second-order valence-electron chi connectivity index (χ2n) is 4.14. The van der Waals surface area contributed by atoms with Crippen molar-refractivity contribution < 1.29 is 13.2 Å². The minimum atomic E-state index is -3.47. The molecule has 7 heteroatoms. The van der Waals surface area contributed by atoms with E-state index in [1.807, 2.05) is 6.07 Å². The number of nitrogens with zero attached hydrogens (tertiary/aromatic N) is 1. The summed E-state index contributed by atoms with van der Waals surface area (Å²) in [4.78, 5) is 0.404. The average Bonchev–Trinajstić information content (AvgIpc) is 2.87. The van der Waals surface area contributed by atoms with Crippen LogP contribution in [0.5, 0.6) is 0 Å². The quantitative estimate of drug-likeness (QED) is 0.905. The molecule has 0 radical (unpaired) electrons. The first-order chi connectivity index (χ1) is 8.62. The summed E-state index contributed by atoms with van der Waals surface area (Å²) in [6.07, 6.45) is 1.77. The molecule has 0 aromatic carbocycles. The second-order valence-corrected chi connectivity index (χ2v) is 7.22. The highest BCUT2D eigenvalue weighted by Crippen LogP contribution is 2.21. The Kier molecular flexibility index (Phi) is 4.35. The van der Waals surface area contributed by atoms with Crippen LogP contribution in [0.1, 0.15) is 17.7 Å². The molecule has 0 unspecified atom stereocenters. The Bertz CT molecular complexity index is 539. The lowest BCUT2D eigenvalue weighted by Crippen LogP contribution is -2.31.